The Bertz CT molecular complexity index is 777. The van der Waals surface area contributed by atoms with Crippen molar-refractivity contribution in [3.63, 3.8) is 0 Å². The topological polar surface area (TPSA) is 68.2 Å². The molecule has 0 aromatic heterocycles. The fraction of sp³-hybridized carbons (Fsp3) is 0.409. The molecule has 2 aromatic rings. The van der Waals surface area contributed by atoms with Gasteiger partial charge >= 0.3 is 0 Å². The summed E-state index contributed by atoms with van der Waals surface area (Å²) in [5, 5.41) is 10.2. The maximum Gasteiger partial charge on any atom is 0.161 e. The molecule has 28 heavy (non-hydrogen) atoms. The molecule has 0 amide bonds. The number of hydrogen-bond donors (Lipinski definition) is 1. The van der Waals surface area contributed by atoms with E-state index in [1.165, 1.54) is 14.0 Å². The highest BCUT2D eigenvalue weighted by molar-refractivity contribution is 5.94. The fourth-order valence-corrected chi connectivity index (χ4v) is 2.72. The van der Waals surface area contributed by atoms with Crippen molar-refractivity contribution in [3.8, 4) is 17.2 Å². The zero-order chi connectivity index (χ0) is 20.5. The number of aliphatic hydroxyl groups is 1. The number of ketones is 1. The standard InChI is InChI=1S/C22H29NO5/c1-16-6-5-7-20(12-16)27-11-10-23(3)14-19(25)15-28-21-9-8-18(17(2)24)13-22(21)26-4/h5-9,12-13,19,25H,10-11,14-15H2,1-4H3. The summed E-state index contributed by atoms with van der Waals surface area (Å²) in [4.78, 5) is 13.4. The van der Waals surface area contributed by atoms with Crippen LogP contribution in [-0.2, 0) is 0 Å². The molecule has 6 nitrogen and oxygen atoms in total. The van der Waals surface area contributed by atoms with Crippen molar-refractivity contribution in [3.05, 3.63) is 53.6 Å². The van der Waals surface area contributed by atoms with Crippen LogP contribution < -0.4 is 14.2 Å². The van der Waals surface area contributed by atoms with Crippen LogP contribution in [0.5, 0.6) is 17.2 Å². The third-order valence-electron chi connectivity index (χ3n) is 4.26. The summed E-state index contributed by atoms with van der Waals surface area (Å²) >= 11 is 0. The average molecular weight is 387 g/mol. The second-order valence-corrected chi connectivity index (χ2v) is 6.81. The minimum Gasteiger partial charge on any atom is -0.493 e. The first-order valence-electron chi connectivity index (χ1n) is 9.27. The van der Waals surface area contributed by atoms with Gasteiger partial charge in [-0.15, -0.1) is 0 Å². The summed E-state index contributed by atoms with van der Waals surface area (Å²) in [6, 6.07) is 12.9. The van der Waals surface area contributed by atoms with E-state index in [1.807, 2.05) is 43.1 Å². The van der Waals surface area contributed by atoms with Crippen LogP contribution in [0.3, 0.4) is 0 Å². The Kier molecular flexibility index (Phi) is 8.29. The van der Waals surface area contributed by atoms with Crippen LogP contribution in [0.1, 0.15) is 22.8 Å². The number of benzene rings is 2. The van der Waals surface area contributed by atoms with E-state index in [2.05, 4.69) is 0 Å². The first-order valence-corrected chi connectivity index (χ1v) is 9.27. The molecule has 0 radical (unpaired) electrons. The van der Waals surface area contributed by atoms with Crippen LogP contribution in [0.25, 0.3) is 0 Å². The van der Waals surface area contributed by atoms with Gasteiger partial charge in [-0.1, -0.05) is 12.1 Å². The summed E-state index contributed by atoms with van der Waals surface area (Å²) in [7, 11) is 3.44. The largest absolute Gasteiger partial charge is 0.493 e. The molecule has 1 unspecified atom stereocenters. The number of carbonyl (C=O) groups is 1. The van der Waals surface area contributed by atoms with Crippen molar-refractivity contribution in [1.29, 1.82) is 0 Å². The molecule has 0 bridgehead atoms. The Hall–Kier alpha value is -2.57. The van der Waals surface area contributed by atoms with Crippen molar-refractivity contribution in [2.75, 3.05) is 40.5 Å². The molecule has 6 heteroatoms. The molecule has 0 aliphatic carbocycles. The summed E-state index contributed by atoms with van der Waals surface area (Å²) in [5.74, 6) is 1.77. The smallest absolute Gasteiger partial charge is 0.161 e. The normalized spacial score (nSPS) is 11.9. The van der Waals surface area contributed by atoms with E-state index < -0.39 is 6.10 Å². The number of likely N-dealkylation sites (N-methyl/N-ethyl adjacent to an activating group) is 1. The monoisotopic (exact) mass is 387 g/mol. The third kappa shape index (κ3) is 6.87. The molecule has 0 fully saturated rings. The Labute approximate surface area is 166 Å². The Morgan fingerprint density at radius 1 is 1.14 bits per heavy atom. The second-order valence-electron chi connectivity index (χ2n) is 6.81. The quantitative estimate of drug-likeness (QED) is 0.598. The first-order chi connectivity index (χ1) is 13.4. The minimum atomic E-state index is -0.666. The number of ether oxygens (including phenoxy) is 3. The highest BCUT2D eigenvalue weighted by Gasteiger charge is 2.13. The van der Waals surface area contributed by atoms with E-state index in [-0.39, 0.29) is 12.4 Å². The summed E-state index contributed by atoms with van der Waals surface area (Å²) < 4.78 is 16.7. The molecule has 0 heterocycles. The lowest BCUT2D eigenvalue weighted by Gasteiger charge is -2.21. The maximum absolute atomic E-state index is 11.5. The van der Waals surface area contributed by atoms with Crippen LogP contribution in [0.4, 0.5) is 0 Å². The van der Waals surface area contributed by atoms with Crippen LogP contribution in [0.15, 0.2) is 42.5 Å². The van der Waals surface area contributed by atoms with Gasteiger partial charge in [0, 0.05) is 18.7 Å². The maximum atomic E-state index is 11.5. The number of rotatable bonds is 11. The number of hydrogen-bond acceptors (Lipinski definition) is 6. The third-order valence-corrected chi connectivity index (χ3v) is 4.26. The Morgan fingerprint density at radius 2 is 1.93 bits per heavy atom. The zero-order valence-electron chi connectivity index (χ0n) is 17.0. The highest BCUT2D eigenvalue weighted by Crippen LogP contribution is 2.28. The van der Waals surface area contributed by atoms with Gasteiger partial charge in [0.25, 0.3) is 0 Å². The van der Waals surface area contributed by atoms with Crippen molar-refractivity contribution in [2.45, 2.75) is 20.0 Å². The number of aliphatic hydroxyl groups excluding tert-OH is 1. The van der Waals surface area contributed by atoms with E-state index in [0.717, 1.165) is 11.3 Å². The van der Waals surface area contributed by atoms with Gasteiger partial charge in [0.05, 0.1) is 7.11 Å². The van der Waals surface area contributed by atoms with Gasteiger partial charge in [0.2, 0.25) is 0 Å². The van der Waals surface area contributed by atoms with Crippen LogP contribution in [0.2, 0.25) is 0 Å². The molecule has 0 aliphatic heterocycles. The van der Waals surface area contributed by atoms with Gasteiger partial charge in [-0.3, -0.25) is 4.79 Å². The highest BCUT2D eigenvalue weighted by atomic mass is 16.5. The van der Waals surface area contributed by atoms with Crippen LogP contribution >= 0.6 is 0 Å². The molecule has 0 saturated heterocycles. The first kappa shape index (κ1) is 21.7. The van der Waals surface area contributed by atoms with Crippen LogP contribution in [-0.4, -0.2) is 62.4 Å². The van der Waals surface area contributed by atoms with Gasteiger partial charge in [-0.25, -0.2) is 0 Å². The molecule has 2 aromatic carbocycles. The molecule has 0 saturated carbocycles. The molecule has 1 N–H and O–H groups in total. The van der Waals surface area contributed by atoms with Crippen molar-refractivity contribution < 1.29 is 24.1 Å². The van der Waals surface area contributed by atoms with Gasteiger partial charge in [-0.2, -0.15) is 0 Å². The number of nitrogens with zero attached hydrogens (tertiary/aromatic N) is 1. The molecule has 2 rings (SSSR count). The lowest BCUT2D eigenvalue weighted by molar-refractivity contribution is 0.0712. The SMILES string of the molecule is COc1cc(C(C)=O)ccc1OCC(O)CN(C)CCOc1cccc(C)c1. The number of carbonyl (C=O) groups excluding carboxylic acids is 1. The van der Waals surface area contributed by atoms with Crippen LogP contribution in [0, 0.1) is 6.92 Å². The van der Waals surface area contributed by atoms with Crippen molar-refractivity contribution in [1.82, 2.24) is 4.90 Å². The predicted octanol–water partition coefficient (Wildman–Crippen LogP) is 2.96. The second kappa shape index (κ2) is 10.7. The molecule has 0 aliphatic rings. The van der Waals surface area contributed by atoms with Gasteiger partial charge < -0.3 is 24.2 Å². The molecule has 152 valence electrons. The van der Waals surface area contributed by atoms with E-state index >= 15 is 0 Å². The van der Waals surface area contributed by atoms with Gasteiger partial charge in [0.1, 0.15) is 25.1 Å². The molecule has 0 spiro atoms. The average Bonchev–Trinajstić information content (AvgIpc) is 2.66. The van der Waals surface area contributed by atoms with E-state index in [4.69, 9.17) is 14.2 Å². The van der Waals surface area contributed by atoms with E-state index in [9.17, 15) is 9.90 Å². The predicted molar refractivity (Wildman–Crippen MR) is 109 cm³/mol. The van der Waals surface area contributed by atoms with Crippen molar-refractivity contribution >= 4 is 5.78 Å². The van der Waals surface area contributed by atoms with Crippen molar-refractivity contribution in [2.24, 2.45) is 0 Å². The molecular weight excluding hydrogens is 358 g/mol. The zero-order valence-corrected chi connectivity index (χ0v) is 17.0. The Balaban J connectivity index is 1.75. The summed E-state index contributed by atoms with van der Waals surface area (Å²) in [6.45, 7) is 5.31. The summed E-state index contributed by atoms with van der Waals surface area (Å²) in [6.07, 6.45) is -0.666. The molecular formula is C22H29NO5. The minimum absolute atomic E-state index is 0.0422. The molecule has 1 atom stereocenters. The lowest BCUT2D eigenvalue weighted by Crippen LogP contribution is -2.35. The number of methoxy groups -OCH3 is 1. The number of aryl methyl sites for hydroxylation is 1. The van der Waals surface area contributed by atoms with E-state index in [0.29, 0.717) is 36.8 Å². The van der Waals surface area contributed by atoms with E-state index in [1.54, 1.807) is 18.2 Å². The Morgan fingerprint density at radius 3 is 2.61 bits per heavy atom. The van der Waals surface area contributed by atoms with Gasteiger partial charge in [-0.05, 0) is 56.8 Å². The summed E-state index contributed by atoms with van der Waals surface area (Å²) in [5.41, 5.74) is 1.71. The fourth-order valence-electron chi connectivity index (χ4n) is 2.72. The van der Waals surface area contributed by atoms with Gasteiger partial charge in [0.15, 0.2) is 17.3 Å². The lowest BCUT2D eigenvalue weighted by atomic mass is 10.1. The number of Topliss-reactive ketones (excluding diaryl/α,β-unsaturated/α-hetero) is 1.